The first kappa shape index (κ1) is 48.0. The zero-order valence-electron chi connectivity index (χ0n) is 35.6. The van der Waals surface area contributed by atoms with Crippen molar-refractivity contribution in [2.45, 2.75) is 126 Å². The van der Waals surface area contributed by atoms with Gasteiger partial charge in [0, 0.05) is 20.6 Å². The van der Waals surface area contributed by atoms with Crippen LogP contribution in [0.25, 0.3) is 0 Å². The molecule has 54 heavy (non-hydrogen) atoms. The fourth-order valence-electron chi connectivity index (χ4n) is 6.70. The number of likely N-dealkylation sites (N-methyl/N-ethyl adjacent to an activating group) is 3. The van der Waals surface area contributed by atoms with Gasteiger partial charge in [0.05, 0.1) is 6.04 Å². The van der Waals surface area contributed by atoms with Crippen molar-refractivity contribution in [3.05, 3.63) is 35.9 Å². The molecule has 0 spiro atoms. The van der Waals surface area contributed by atoms with Crippen LogP contribution in [0, 0.1) is 35.5 Å². The molecule has 0 heterocycles. The molecule has 0 aliphatic carbocycles. The van der Waals surface area contributed by atoms with Crippen LogP contribution in [0.4, 0.5) is 0 Å². The Morgan fingerprint density at radius 3 is 1.22 bits per heavy atom. The van der Waals surface area contributed by atoms with Gasteiger partial charge in [-0.1, -0.05) is 113 Å². The predicted molar refractivity (Wildman–Crippen MR) is 214 cm³/mol. The largest absolute Gasteiger partial charge is 0.354 e. The van der Waals surface area contributed by atoms with E-state index in [9.17, 15) is 28.8 Å². The summed E-state index contributed by atoms with van der Waals surface area (Å²) in [6.07, 6.45) is 0.644. The molecule has 0 saturated carbocycles. The lowest BCUT2D eigenvalue weighted by atomic mass is 9.95. The maximum absolute atomic E-state index is 14.2. The van der Waals surface area contributed by atoms with Crippen LogP contribution in [0.3, 0.4) is 0 Å². The Balaban J connectivity index is 3.22. The van der Waals surface area contributed by atoms with E-state index < -0.39 is 59.9 Å². The summed E-state index contributed by atoms with van der Waals surface area (Å²) < 4.78 is 0. The second kappa shape index (κ2) is 22.4. The van der Waals surface area contributed by atoms with Gasteiger partial charge in [0.1, 0.15) is 30.2 Å². The number of nitrogens with zero attached hydrogens (tertiary/aromatic N) is 2. The lowest BCUT2D eigenvalue weighted by molar-refractivity contribution is -0.148. The van der Waals surface area contributed by atoms with Gasteiger partial charge in [-0.2, -0.15) is 0 Å². The Morgan fingerprint density at radius 1 is 0.500 bits per heavy atom. The molecular formula is C41H71N7O6. The minimum Gasteiger partial charge on any atom is -0.354 e. The topological polar surface area (TPSA) is 169 Å². The van der Waals surface area contributed by atoms with E-state index in [0.717, 1.165) is 5.56 Å². The zero-order valence-corrected chi connectivity index (χ0v) is 35.6. The van der Waals surface area contributed by atoms with Gasteiger partial charge in [0.15, 0.2) is 0 Å². The van der Waals surface area contributed by atoms with Crippen molar-refractivity contribution in [2.75, 3.05) is 27.7 Å². The van der Waals surface area contributed by atoms with Gasteiger partial charge in [-0.05, 0) is 54.5 Å². The summed E-state index contributed by atoms with van der Waals surface area (Å²) in [6, 6.07) is 4.65. The normalized spacial score (nSPS) is 15.1. The summed E-state index contributed by atoms with van der Waals surface area (Å²) in [5, 5.41) is 14.6. The van der Waals surface area contributed by atoms with Crippen LogP contribution in [-0.2, 0) is 35.2 Å². The molecule has 0 bridgehead atoms. The highest BCUT2D eigenvalue weighted by atomic mass is 16.2. The monoisotopic (exact) mass is 758 g/mol. The molecule has 0 radical (unpaired) electrons. The SMILES string of the molecule is CN[C@H](C(=O)N[C@H](C(=O)N(C)[C@H](C(=O)N[C@H](C(=O)N(C)[C@H](C(=O)N[C@H](C(=O)NCCc1ccccc1)C(C)C)C(C)C)C(C)C)C(C)C)C(C)C)C(C)C. The zero-order chi connectivity index (χ0) is 41.6. The van der Waals surface area contributed by atoms with E-state index in [0.29, 0.717) is 13.0 Å². The van der Waals surface area contributed by atoms with E-state index in [4.69, 9.17) is 0 Å². The van der Waals surface area contributed by atoms with Gasteiger partial charge >= 0.3 is 0 Å². The Kier molecular flexibility index (Phi) is 19.9. The molecule has 6 amide bonds. The molecule has 0 fully saturated rings. The van der Waals surface area contributed by atoms with Gasteiger partial charge in [-0.15, -0.1) is 0 Å². The van der Waals surface area contributed by atoms with Crippen LogP contribution in [0.2, 0.25) is 0 Å². The van der Waals surface area contributed by atoms with Gasteiger partial charge in [-0.25, -0.2) is 0 Å². The maximum atomic E-state index is 14.2. The molecule has 0 aromatic heterocycles. The minimum absolute atomic E-state index is 0.0128. The summed E-state index contributed by atoms with van der Waals surface area (Å²) in [5.41, 5.74) is 1.08. The molecule has 1 rings (SSSR count). The van der Waals surface area contributed by atoms with E-state index in [1.54, 1.807) is 20.9 Å². The van der Waals surface area contributed by atoms with E-state index in [2.05, 4.69) is 26.6 Å². The van der Waals surface area contributed by atoms with E-state index in [1.165, 1.54) is 23.9 Å². The molecule has 13 nitrogen and oxygen atoms in total. The smallest absolute Gasteiger partial charge is 0.245 e. The van der Waals surface area contributed by atoms with Crippen LogP contribution in [-0.4, -0.2) is 109 Å². The van der Waals surface area contributed by atoms with Crippen molar-refractivity contribution < 1.29 is 28.8 Å². The molecule has 306 valence electrons. The van der Waals surface area contributed by atoms with Gasteiger partial charge in [-0.3, -0.25) is 28.8 Å². The lowest BCUT2D eigenvalue weighted by Crippen LogP contribution is -2.63. The highest BCUT2D eigenvalue weighted by molar-refractivity contribution is 5.97. The quantitative estimate of drug-likeness (QED) is 0.129. The first-order valence-electron chi connectivity index (χ1n) is 19.5. The van der Waals surface area contributed by atoms with Crippen molar-refractivity contribution >= 4 is 35.4 Å². The van der Waals surface area contributed by atoms with Crippen LogP contribution in [0.15, 0.2) is 30.3 Å². The number of carbonyl (C=O) groups excluding carboxylic acids is 6. The molecule has 1 aromatic rings. The van der Waals surface area contributed by atoms with Crippen molar-refractivity contribution in [2.24, 2.45) is 35.5 Å². The van der Waals surface area contributed by atoms with Crippen LogP contribution >= 0.6 is 0 Å². The van der Waals surface area contributed by atoms with Crippen molar-refractivity contribution in [1.82, 2.24) is 36.4 Å². The highest BCUT2D eigenvalue weighted by Gasteiger charge is 2.40. The third-order valence-electron chi connectivity index (χ3n) is 9.85. The molecule has 0 saturated heterocycles. The third kappa shape index (κ3) is 13.7. The number of benzene rings is 1. The summed E-state index contributed by atoms with van der Waals surface area (Å²) in [6.45, 7) is 22.4. The first-order chi connectivity index (χ1) is 25.1. The van der Waals surface area contributed by atoms with Gasteiger partial charge in [0.2, 0.25) is 35.4 Å². The molecule has 0 aliphatic heterocycles. The minimum atomic E-state index is -1.02. The van der Waals surface area contributed by atoms with Gasteiger partial charge < -0.3 is 36.4 Å². The molecule has 6 atom stereocenters. The van der Waals surface area contributed by atoms with Crippen LogP contribution in [0.5, 0.6) is 0 Å². The van der Waals surface area contributed by atoms with E-state index >= 15 is 0 Å². The molecule has 13 heteroatoms. The number of carbonyl (C=O) groups is 6. The Hall–Kier alpha value is -4.00. The van der Waals surface area contributed by atoms with E-state index in [-0.39, 0.29) is 47.3 Å². The Bertz CT molecular complexity index is 1380. The van der Waals surface area contributed by atoms with E-state index in [1.807, 2.05) is 99.6 Å². The number of amides is 6. The van der Waals surface area contributed by atoms with Crippen LogP contribution in [0.1, 0.15) is 88.6 Å². The highest BCUT2D eigenvalue weighted by Crippen LogP contribution is 2.19. The molecular weight excluding hydrogens is 686 g/mol. The second-order valence-corrected chi connectivity index (χ2v) is 16.5. The van der Waals surface area contributed by atoms with Gasteiger partial charge in [0.25, 0.3) is 0 Å². The summed E-state index contributed by atoms with van der Waals surface area (Å²) >= 11 is 0. The molecule has 1 aromatic carbocycles. The van der Waals surface area contributed by atoms with Crippen molar-refractivity contribution in [1.29, 1.82) is 0 Å². The number of rotatable bonds is 21. The Morgan fingerprint density at radius 2 is 0.870 bits per heavy atom. The van der Waals surface area contributed by atoms with Crippen LogP contribution < -0.4 is 26.6 Å². The number of nitrogens with one attached hydrogen (secondary N) is 5. The lowest BCUT2D eigenvalue weighted by Gasteiger charge is -2.38. The Labute approximate surface area is 324 Å². The average molecular weight is 758 g/mol. The average Bonchev–Trinajstić information content (AvgIpc) is 3.07. The summed E-state index contributed by atoms with van der Waals surface area (Å²) in [4.78, 5) is 85.1. The number of hydrogen-bond acceptors (Lipinski definition) is 7. The molecule has 0 aliphatic rings. The number of hydrogen-bond donors (Lipinski definition) is 5. The summed E-state index contributed by atoms with van der Waals surface area (Å²) in [7, 11) is 4.75. The molecule has 0 unspecified atom stereocenters. The second-order valence-electron chi connectivity index (χ2n) is 16.5. The third-order valence-corrected chi connectivity index (χ3v) is 9.85. The predicted octanol–water partition coefficient (Wildman–Crippen LogP) is 2.98. The van der Waals surface area contributed by atoms with Crippen molar-refractivity contribution in [3.8, 4) is 0 Å². The summed E-state index contributed by atoms with van der Waals surface area (Å²) in [5.74, 6) is -4.06. The fraction of sp³-hybridized carbons (Fsp3) is 0.707. The van der Waals surface area contributed by atoms with Crippen molar-refractivity contribution in [3.63, 3.8) is 0 Å². The standard InChI is InChI=1S/C41H71N7O6/c1-23(2)30(42-13)37(50)45-32(25(5)6)40(53)48(15)35(28(11)12)39(52)46-33(26(7)8)41(54)47(14)34(27(9)10)38(51)44-31(24(3)4)36(49)43-22-21-29-19-17-16-18-20-29/h16-20,23-28,30-35,42H,21-22H2,1-15H3,(H,43,49)(H,44,51)(H,45,50)(H,46,52)/t30-,31-,32-,33-,34-,35-/m0/s1. The fourth-order valence-corrected chi connectivity index (χ4v) is 6.70. The first-order valence-corrected chi connectivity index (χ1v) is 19.5. The maximum Gasteiger partial charge on any atom is 0.245 e. The molecule has 5 N–H and O–H groups in total.